The fourth-order valence-electron chi connectivity index (χ4n) is 3.23. The first-order valence-corrected chi connectivity index (χ1v) is 9.69. The number of imidazole rings is 1. The number of aliphatic hydroxyl groups excluding tert-OH is 2. The van der Waals surface area contributed by atoms with E-state index < -0.39 is 24.5 Å². The summed E-state index contributed by atoms with van der Waals surface area (Å²) in [6.07, 6.45) is 5.30. The highest BCUT2D eigenvalue weighted by atomic mass is 16.6. The molecular weight excluding hydrogens is 374 g/mol. The summed E-state index contributed by atoms with van der Waals surface area (Å²) in [6.45, 7) is 6.83. The standard InChI is InChI=1S/C20H29N5O4/c1-12(2)5-4-6-13(3)7-8-28-9-14-16(26)17(27)20(29-14)25-11-24-15-18(21)22-10-23-19(15)25/h5,7,10-11,14,16-17,20,26-27H,4,6,8-9H2,1-3H3,(H2,21,22,23)/t14-,16-,17-,20-/m1/s1. The Balaban J connectivity index is 1.56. The van der Waals surface area contributed by atoms with Gasteiger partial charge in [-0.3, -0.25) is 4.57 Å². The molecule has 0 aliphatic carbocycles. The first-order chi connectivity index (χ1) is 13.9. The SMILES string of the molecule is CC(C)=CCCC(C)=CCOC[C@H]1O[C@@H](n2cnc3c(N)ncnc32)[C@H](O)[C@@H]1O. The van der Waals surface area contributed by atoms with Crippen LogP contribution >= 0.6 is 0 Å². The maximum Gasteiger partial charge on any atom is 0.167 e. The number of aromatic nitrogens is 4. The van der Waals surface area contributed by atoms with Gasteiger partial charge in [0.15, 0.2) is 17.7 Å². The van der Waals surface area contributed by atoms with E-state index in [-0.39, 0.29) is 12.4 Å². The van der Waals surface area contributed by atoms with Crippen molar-refractivity contribution in [2.24, 2.45) is 0 Å². The van der Waals surface area contributed by atoms with Crippen LogP contribution in [0, 0.1) is 0 Å². The Morgan fingerprint density at radius 1 is 1.21 bits per heavy atom. The molecule has 2 aromatic rings. The zero-order chi connectivity index (χ0) is 21.0. The average Bonchev–Trinajstić information content (AvgIpc) is 3.22. The molecule has 1 aliphatic rings. The van der Waals surface area contributed by atoms with Gasteiger partial charge in [0, 0.05) is 0 Å². The van der Waals surface area contributed by atoms with E-state index in [2.05, 4.69) is 41.8 Å². The molecule has 0 bridgehead atoms. The van der Waals surface area contributed by atoms with E-state index >= 15 is 0 Å². The number of anilines is 1. The predicted molar refractivity (Wildman–Crippen MR) is 109 cm³/mol. The normalized spacial score (nSPS) is 24.9. The maximum atomic E-state index is 10.4. The molecule has 2 aromatic heterocycles. The summed E-state index contributed by atoms with van der Waals surface area (Å²) in [6, 6.07) is 0. The number of aliphatic hydroxyl groups is 2. The van der Waals surface area contributed by atoms with Crippen LogP contribution in [0.3, 0.4) is 0 Å². The van der Waals surface area contributed by atoms with Gasteiger partial charge in [0.05, 0.1) is 19.5 Å². The fourth-order valence-corrected chi connectivity index (χ4v) is 3.23. The Labute approximate surface area is 169 Å². The molecule has 4 N–H and O–H groups in total. The Bertz CT molecular complexity index is 890. The molecule has 9 heteroatoms. The number of allylic oxidation sites excluding steroid dienone is 3. The largest absolute Gasteiger partial charge is 0.387 e. The molecule has 0 radical (unpaired) electrons. The summed E-state index contributed by atoms with van der Waals surface area (Å²) in [5.74, 6) is 0.244. The van der Waals surface area contributed by atoms with Gasteiger partial charge < -0.3 is 25.4 Å². The quantitative estimate of drug-likeness (QED) is 0.449. The number of hydrogen-bond acceptors (Lipinski definition) is 8. The molecule has 0 saturated carbocycles. The second-order valence-corrected chi connectivity index (χ2v) is 7.54. The lowest BCUT2D eigenvalue weighted by atomic mass is 10.1. The van der Waals surface area contributed by atoms with Crippen molar-refractivity contribution in [2.45, 2.75) is 58.2 Å². The van der Waals surface area contributed by atoms with Gasteiger partial charge in [-0.1, -0.05) is 23.3 Å². The summed E-state index contributed by atoms with van der Waals surface area (Å²) in [5.41, 5.74) is 9.22. The number of ether oxygens (including phenoxy) is 2. The summed E-state index contributed by atoms with van der Waals surface area (Å²) >= 11 is 0. The number of rotatable bonds is 8. The number of hydrogen-bond donors (Lipinski definition) is 3. The minimum Gasteiger partial charge on any atom is -0.387 e. The molecule has 3 heterocycles. The van der Waals surface area contributed by atoms with Gasteiger partial charge in [-0.15, -0.1) is 0 Å². The molecule has 1 aliphatic heterocycles. The number of nitrogens with zero attached hydrogens (tertiary/aromatic N) is 4. The number of nitrogen functional groups attached to an aromatic ring is 1. The van der Waals surface area contributed by atoms with Gasteiger partial charge in [0.25, 0.3) is 0 Å². The molecule has 0 unspecified atom stereocenters. The van der Waals surface area contributed by atoms with Crippen LogP contribution in [0.25, 0.3) is 11.2 Å². The highest BCUT2D eigenvalue weighted by Gasteiger charge is 2.44. The van der Waals surface area contributed by atoms with Crippen LogP contribution in [0.5, 0.6) is 0 Å². The van der Waals surface area contributed by atoms with E-state index in [1.54, 1.807) is 4.57 Å². The Hall–Kier alpha value is -2.33. The zero-order valence-electron chi connectivity index (χ0n) is 17.0. The lowest BCUT2D eigenvalue weighted by Gasteiger charge is -2.16. The highest BCUT2D eigenvalue weighted by Crippen LogP contribution is 2.32. The average molecular weight is 403 g/mol. The molecule has 9 nitrogen and oxygen atoms in total. The topological polar surface area (TPSA) is 129 Å². The first-order valence-electron chi connectivity index (χ1n) is 9.69. The van der Waals surface area contributed by atoms with Crippen molar-refractivity contribution in [3.8, 4) is 0 Å². The smallest absolute Gasteiger partial charge is 0.167 e. The molecule has 4 atom stereocenters. The molecule has 0 spiro atoms. The van der Waals surface area contributed by atoms with E-state index in [1.165, 1.54) is 23.8 Å². The van der Waals surface area contributed by atoms with Crippen LogP contribution in [-0.4, -0.2) is 61.3 Å². The molecule has 158 valence electrons. The van der Waals surface area contributed by atoms with E-state index in [0.717, 1.165) is 12.8 Å². The number of fused-ring (bicyclic) bond motifs is 1. The molecule has 0 aromatic carbocycles. The molecule has 0 amide bonds. The maximum absolute atomic E-state index is 10.4. The Kier molecular flexibility index (Phi) is 6.96. The van der Waals surface area contributed by atoms with Crippen molar-refractivity contribution in [2.75, 3.05) is 18.9 Å². The third kappa shape index (κ3) is 4.99. The Morgan fingerprint density at radius 3 is 2.76 bits per heavy atom. The van der Waals surface area contributed by atoms with Crippen molar-refractivity contribution >= 4 is 17.0 Å². The van der Waals surface area contributed by atoms with Crippen molar-refractivity contribution in [3.05, 3.63) is 36.0 Å². The van der Waals surface area contributed by atoms with Crippen molar-refractivity contribution in [3.63, 3.8) is 0 Å². The third-order valence-corrected chi connectivity index (χ3v) is 4.92. The molecule has 29 heavy (non-hydrogen) atoms. The lowest BCUT2D eigenvalue weighted by molar-refractivity contribution is -0.0621. The van der Waals surface area contributed by atoms with Gasteiger partial charge in [-0.05, 0) is 33.6 Å². The van der Waals surface area contributed by atoms with Crippen LogP contribution < -0.4 is 5.73 Å². The molecule has 1 fully saturated rings. The summed E-state index contributed by atoms with van der Waals surface area (Å²) in [4.78, 5) is 12.2. The van der Waals surface area contributed by atoms with Crippen molar-refractivity contribution in [1.82, 2.24) is 19.5 Å². The second kappa shape index (κ2) is 9.45. The molecule has 1 saturated heterocycles. The second-order valence-electron chi connectivity index (χ2n) is 7.54. The van der Waals surface area contributed by atoms with Crippen LogP contribution in [-0.2, 0) is 9.47 Å². The highest BCUT2D eigenvalue weighted by molar-refractivity contribution is 5.81. The first kappa shape index (κ1) is 21.4. The van der Waals surface area contributed by atoms with Crippen molar-refractivity contribution in [1.29, 1.82) is 0 Å². The van der Waals surface area contributed by atoms with Crippen LogP contribution in [0.1, 0.15) is 39.8 Å². The fraction of sp³-hybridized carbons (Fsp3) is 0.550. The monoisotopic (exact) mass is 403 g/mol. The van der Waals surface area contributed by atoms with Gasteiger partial charge in [-0.2, -0.15) is 0 Å². The van der Waals surface area contributed by atoms with Crippen LogP contribution in [0.15, 0.2) is 36.0 Å². The van der Waals surface area contributed by atoms with E-state index in [4.69, 9.17) is 15.2 Å². The lowest BCUT2D eigenvalue weighted by Crippen LogP contribution is -2.33. The summed E-state index contributed by atoms with van der Waals surface area (Å²) in [7, 11) is 0. The van der Waals surface area contributed by atoms with Crippen LogP contribution in [0.2, 0.25) is 0 Å². The molecular formula is C20H29N5O4. The van der Waals surface area contributed by atoms with E-state index in [1.807, 2.05) is 6.08 Å². The molecule has 3 rings (SSSR count). The minimum absolute atomic E-state index is 0.163. The summed E-state index contributed by atoms with van der Waals surface area (Å²) in [5, 5.41) is 20.8. The zero-order valence-corrected chi connectivity index (χ0v) is 17.0. The van der Waals surface area contributed by atoms with E-state index in [9.17, 15) is 10.2 Å². The number of nitrogens with two attached hydrogens (primary N) is 1. The predicted octanol–water partition coefficient (Wildman–Crippen LogP) is 1.74. The van der Waals surface area contributed by atoms with Gasteiger partial charge in [0.1, 0.15) is 30.2 Å². The van der Waals surface area contributed by atoms with E-state index in [0.29, 0.717) is 17.8 Å². The summed E-state index contributed by atoms with van der Waals surface area (Å²) < 4.78 is 13.0. The van der Waals surface area contributed by atoms with Gasteiger partial charge in [-0.25, -0.2) is 15.0 Å². The van der Waals surface area contributed by atoms with Crippen LogP contribution in [0.4, 0.5) is 5.82 Å². The minimum atomic E-state index is -1.14. The van der Waals surface area contributed by atoms with Crippen molar-refractivity contribution < 1.29 is 19.7 Å². The third-order valence-electron chi connectivity index (χ3n) is 4.92. The Morgan fingerprint density at radius 2 is 2.00 bits per heavy atom. The van der Waals surface area contributed by atoms with Gasteiger partial charge in [0.2, 0.25) is 0 Å². The van der Waals surface area contributed by atoms with Gasteiger partial charge >= 0.3 is 0 Å².